The second-order valence-electron chi connectivity index (χ2n) is 5.02. The molecule has 1 saturated carbocycles. The highest BCUT2D eigenvalue weighted by Gasteiger charge is 2.39. The van der Waals surface area contributed by atoms with Gasteiger partial charge in [0.05, 0.1) is 21.7 Å². The molecule has 3 rings (SSSR count). The topological polar surface area (TPSA) is 121 Å². The lowest BCUT2D eigenvalue weighted by atomic mass is 9.77. The van der Waals surface area contributed by atoms with E-state index >= 15 is 0 Å². The Hall–Kier alpha value is -2.35. The fourth-order valence-corrected chi connectivity index (χ4v) is 2.15. The number of nitro groups is 1. The van der Waals surface area contributed by atoms with Crippen molar-refractivity contribution < 1.29 is 9.45 Å². The quantitative estimate of drug-likeness (QED) is 0.668. The molecule has 0 unspecified atom stereocenters. The maximum absolute atomic E-state index is 10.8. The van der Waals surface area contributed by atoms with Crippen LogP contribution in [0.3, 0.4) is 0 Å². The van der Waals surface area contributed by atoms with Gasteiger partial charge in [0.2, 0.25) is 0 Å². The summed E-state index contributed by atoms with van der Waals surface area (Å²) in [5, 5.41) is 14.7. The van der Waals surface area contributed by atoms with Crippen LogP contribution in [0.4, 0.5) is 5.69 Å². The fourth-order valence-electron chi connectivity index (χ4n) is 2.15. The first-order valence-corrected chi connectivity index (χ1v) is 6.24. The Bertz CT molecular complexity index is 677. The van der Waals surface area contributed by atoms with Gasteiger partial charge >= 0.3 is 0 Å². The lowest BCUT2D eigenvalue weighted by Crippen LogP contribution is -2.44. The Kier molecular flexibility index (Phi) is 2.75. The van der Waals surface area contributed by atoms with Crippen LogP contribution >= 0.6 is 0 Å². The van der Waals surface area contributed by atoms with E-state index in [-0.39, 0.29) is 11.6 Å². The molecule has 104 valence electrons. The number of rotatable bonds is 3. The minimum absolute atomic E-state index is 0.114. The van der Waals surface area contributed by atoms with Crippen molar-refractivity contribution in [2.45, 2.75) is 31.7 Å². The maximum atomic E-state index is 10.8. The molecule has 20 heavy (non-hydrogen) atoms. The van der Waals surface area contributed by atoms with Crippen molar-refractivity contribution >= 4 is 5.69 Å². The zero-order valence-corrected chi connectivity index (χ0v) is 10.9. The van der Waals surface area contributed by atoms with Crippen LogP contribution in [0.25, 0.3) is 11.5 Å². The van der Waals surface area contributed by atoms with Crippen molar-refractivity contribution in [3.05, 3.63) is 33.9 Å². The molecule has 2 heterocycles. The first kappa shape index (κ1) is 12.7. The largest absolute Gasteiger partial charge is 0.334 e. The summed E-state index contributed by atoms with van der Waals surface area (Å²) < 4.78 is 5.18. The van der Waals surface area contributed by atoms with Gasteiger partial charge in [0.25, 0.3) is 11.6 Å². The lowest BCUT2D eigenvalue weighted by Gasteiger charge is -2.34. The molecule has 1 aliphatic carbocycles. The van der Waals surface area contributed by atoms with Crippen LogP contribution in [-0.4, -0.2) is 20.0 Å². The van der Waals surface area contributed by atoms with E-state index in [1.54, 1.807) is 6.92 Å². The van der Waals surface area contributed by atoms with Crippen molar-refractivity contribution in [3.8, 4) is 11.5 Å². The molecule has 8 nitrogen and oxygen atoms in total. The predicted octanol–water partition coefficient (Wildman–Crippen LogP) is 1.69. The summed E-state index contributed by atoms with van der Waals surface area (Å²) in [6.07, 6.45) is 3.88. The van der Waals surface area contributed by atoms with Crippen LogP contribution in [0.5, 0.6) is 0 Å². The van der Waals surface area contributed by atoms with Crippen molar-refractivity contribution in [1.82, 2.24) is 15.1 Å². The smallest absolute Gasteiger partial charge is 0.288 e. The Morgan fingerprint density at radius 2 is 2.25 bits per heavy atom. The summed E-state index contributed by atoms with van der Waals surface area (Å²) in [6, 6.07) is 1.38. The normalized spacial score (nSPS) is 16.7. The number of nitrogens with two attached hydrogens (primary N) is 1. The number of nitrogens with zero attached hydrogens (tertiary/aromatic N) is 4. The SMILES string of the molecule is Cc1ncc([N+](=O)[O-])cc1-c1nc(C2(N)CCC2)no1. The van der Waals surface area contributed by atoms with Gasteiger partial charge in [-0.1, -0.05) is 5.16 Å². The standard InChI is InChI=1S/C12H13N5O3/c1-7-9(5-8(6-14-7)17(18)19)10-15-11(16-20-10)12(13)3-2-4-12/h5-6H,2-4,13H2,1H3. The van der Waals surface area contributed by atoms with Crippen molar-refractivity contribution in [1.29, 1.82) is 0 Å². The van der Waals surface area contributed by atoms with Crippen molar-refractivity contribution in [2.75, 3.05) is 0 Å². The summed E-state index contributed by atoms with van der Waals surface area (Å²) in [6.45, 7) is 1.73. The molecule has 1 aliphatic rings. The summed E-state index contributed by atoms with van der Waals surface area (Å²) >= 11 is 0. The van der Waals surface area contributed by atoms with E-state index < -0.39 is 10.5 Å². The van der Waals surface area contributed by atoms with Crippen LogP contribution in [0.15, 0.2) is 16.8 Å². The van der Waals surface area contributed by atoms with Crippen LogP contribution in [0.1, 0.15) is 30.8 Å². The highest BCUT2D eigenvalue weighted by Crippen LogP contribution is 2.38. The van der Waals surface area contributed by atoms with Gasteiger partial charge in [-0.2, -0.15) is 4.98 Å². The molecule has 0 saturated heterocycles. The fraction of sp³-hybridized carbons (Fsp3) is 0.417. The van der Waals surface area contributed by atoms with Gasteiger partial charge in [0.15, 0.2) is 5.82 Å². The van der Waals surface area contributed by atoms with E-state index in [4.69, 9.17) is 10.3 Å². The maximum Gasteiger partial charge on any atom is 0.288 e. The van der Waals surface area contributed by atoms with Gasteiger partial charge < -0.3 is 10.3 Å². The van der Waals surface area contributed by atoms with Gasteiger partial charge in [0.1, 0.15) is 6.20 Å². The van der Waals surface area contributed by atoms with E-state index in [1.807, 2.05) is 0 Å². The van der Waals surface area contributed by atoms with Crippen molar-refractivity contribution in [2.24, 2.45) is 5.73 Å². The van der Waals surface area contributed by atoms with Gasteiger partial charge in [-0.25, -0.2) is 0 Å². The molecular weight excluding hydrogens is 262 g/mol. The summed E-state index contributed by atoms with van der Waals surface area (Å²) in [5.41, 5.74) is 6.53. The zero-order valence-electron chi connectivity index (χ0n) is 10.9. The molecular formula is C12H13N5O3. The first-order chi connectivity index (χ1) is 9.49. The number of pyridine rings is 1. The van der Waals surface area contributed by atoms with Gasteiger partial charge in [0, 0.05) is 6.07 Å². The zero-order chi connectivity index (χ0) is 14.3. The summed E-state index contributed by atoms with van der Waals surface area (Å²) in [4.78, 5) is 18.5. The predicted molar refractivity (Wildman–Crippen MR) is 68.6 cm³/mol. The molecule has 1 fully saturated rings. The molecule has 0 aliphatic heterocycles. The first-order valence-electron chi connectivity index (χ1n) is 6.24. The van der Waals surface area contributed by atoms with Crippen LogP contribution in [-0.2, 0) is 5.54 Å². The average molecular weight is 275 g/mol. The molecule has 0 aromatic carbocycles. The molecule has 0 spiro atoms. The van der Waals surface area contributed by atoms with Crippen molar-refractivity contribution in [3.63, 3.8) is 0 Å². The Morgan fingerprint density at radius 3 is 2.85 bits per heavy atom. The van der Waals surface area contributed by atoms with Gasteiger partial charge in [-0.05, 0) is 26.2 Å². The van der Waals surface area contributed by atoms with Crippen LogP contribution < -0.4 is 5.73 Å². The van der Waals surface area contributed by atoms with E-state index in [2.05, 4.69) is 15.1 Å². The lowest BCUT2D eigenvalue weighted by molar-refractivity contribution is -0.385. The third-order valence-electron chi connectivity index (χ3n) is 3.63. The Labute approximate surface area is 114 Å². The molecule has 2 aromatic rings. The molecule has 0 amide bonds. The van der Waals surface area contributed by atoms with Crippen LogP contribution in [0.2, 0.25) is 0 Å². The highest BCUT2D eigenvalue weighted by atomic mass is 16.6. The second kappa shape index (κ2) is 4.34. The van der Waals surface area contributed by atoms with Gasteiger partial charge in [-0.15, -0.1) is 0 Å². The average Bonchev–Trinajstić information content (AvgIpc) is 2.86. The molecule has 8 heteroatoms. The number of aromatic nitrogens is 3. The van der Waals surface area contributed by atoms with E-state index in [1.165, 1.54) is 12.3 Å². The molecule has 0 atom stereocenters. The minimum atomic E-state index is -0.524. The van der Waals surface area contributed by atoms with Crippen LogP contribution in [0, 0.1) is 17.0 Å². The summed E-state index contributed by atoms with van der Waals surface area (Å²) in [7, 11) is 0. The van der Waals surface area contributed by atoms with E-state index in [0.29, 0.717) is 17.1 Å². The Balaban J connectivity index is 2.01. The molecule has 0 radical (unpaired) electrons. The number of aryl methyl sites for hydroxylation is 1. The number of hydrogen-bond acceptors (Lipinski definition) is 7. The third kappa shape index (κ3) is 1.94. The monoisotopic (exact) mass is 275 g/mol. The highest BCUT2D eigenvalue weighted by molar-refractivity contribution is 5.59. The third-order valence-corrected chi connectivity index (χ3v) is 3.63. The minimum Gasteiger partial charge on any atom is -0.334 e. The second-order valence-corrected chi connectivity index (χ2v) is 5.02. The summed E-state index contributed by atoms with van der Waals surface area (Å²) in [5.74, 6) is 0.662. The Morgan fingerprint density at radius 1 is 1.50 bits per heavy atom. The van der Waals surface area contributed by atoms with E-state index in [0.717, 1.165) is 19.3 Å². The molecule has 0 bridgehead atoms. The number of hydrogen-bond donors (Lipinski definition) is 1. The van der Waals surface area contributed by atoms with Gasteiger partial charge in [-0.3, -0.25) is 15.1 Å². The molecule has 2 aromatic heterocycles. The molecule has 2 N–H and O–H groups in total. The van der Waals surface area contributed by atoms with E-state index in [9.17, 15) is 10.1 Å².